The van der Waals surface area contributed by atoms with E-state index < -0.39 is 23.8 Å². The number of hydrogen-bond donors (Lipinski definition) is 1. The Morgan fingerprint density at radius 1 is 1.23 bits per heavy atom. The maximum absolute atomic E-state index is 13.7. The summed E-state index contributed by atoms with van der Waals surface area (Å²) in [7, 11) is 0. The fourth-order valence-corrected chi connectivity index (χ4v) is 2.25. The van der Waals surface area contributed by atoms with Crippen molar-refractivity contribution >= 4 is 29.2 Å². The molecule has 5 nitrogen and oxygen atoms in total. The van der Waals surface area contributed by atoms with Gasteiger partial charge in [0.15, 0.2) is 6.10 Å². The van der Waals surface area contributed by atoms with Crippen molar-refractivity contribution in [2.75, 3.05) is 11.9 Å². The molecule has 0 heterocycles. The van der Waals surface area contributed by atoms with Gasteiger partial charge in [0.2, 0.25) is 0 Å². The van der Waals surface area contributed by atoms with E-state index in [2.05, 4.69) is 5.32 Å². The molecule has 1 atom stereocenters. The lowest BCUT2D eigenvalue weighted by Gasteiger charge is -2.14. The van der Waals surface area contributed by atoms with E-state index in [4.69, 9.17) is 21.1 Å². The second-order valence-electron chi connectivity index (χ2n) is 5.66. The Morgan fingerprint density at radius 3 is 2.69 bits per heavy atom. The van der Waals surface area contributed by atoms with E-state index in [9.17, 15) is 14.0 Å². The zero-order valence-electron chi connectivity index (χ0n) is 14.4. The predicted octanol–water partition coefficient (Wildman–Crippen LogP) is 4.13. The minimum absolute atomic E-state index is 0.0130. The fraction of sp³-hybridized carbons (Fsp3) is 0.263. The topological polar surface area (TPSA) is 64.6 Å². The van der Waals surface area contributed by atoms with Crippen LogP contribution in [0, 0.1) is 12.7 Å². The highest BCUT2D eigenvalue weighted by atomic mass is 35.5. The van der Waals surface area contributed by atoms with Crippen LogP contribution in [0.4, 0.5) is 10.1 Å². The third kappa shape index (κ3) is 6.04. The standard InChI is InChI=1S/C19H19ClFNO4/c1-12-4-3-5-15(10-12)25-9-8-18(23)26-13(2)19(24)22-17-7-6-14(20)11-16(17)21/h3-7,10-11,13H,8-9H2,1-2H3,(H,22,24)/t13-/m0/s1. The van der Waals surface area contributed by atoms with Gasteiger partial charge in [-0.05, 0) is 49.7 Å². The summed E-state index contributed by atoms with van der Waals surface area (Å²) in [6, 6.07) is 11.3. The molecule has 2 rings (SSSR count). The van der Waals surface area contributed by atoms with Crippen LogP contribution >= 0.6 is 11.6 Å². The normalized spacial score (nSPS) is 11.5. The minimum Gasteiger partial charge on any atom is -0.493 e. The molecule has 2 aromatic rings. The van der Waals surface area contributed by atoms with Crippen LogP contribution in [-0.4, -0.2) is 24.6 Å². The molecular formula is C19H19ClFNO4. The Hall–Kier alpha value is -2.60. The van der Waals surface area contributed by atoms with E-state index in [1.165, 1.54) is 19.1 Å². The Balaban J connectivity index is 1.77. The zero-order chi connectivity index (χ0) is 19.1. The van der Waals surface area contributed by atoms with Crippen LogP contribution in [0.1, 0.15) is 18.9 Å². The number of aryl methyl sites for hydroxylation is 1. The molecular weight excluding hydrogens is 361 g/mol. The van der Waals surface area contributed by atoms with Crippen LogP contribution in [0.2, 0.25) is 5.02 Å². The monoisotopic (exact) mass is 379 g/mol. The van der Waals surface area contributed by atoms with Crippen LogP contribution in [0.15, 0.2) is 42.5 Å². The molecule has 0 aliphatic carbocycles. The number of amides is 1. The largest absolute Gasteiger partial charge is 0.493 e. The third-order valence-corrected chi connectivity index (χ3v) is 3.67. The van der Waals surface area contributed by atoms with E-state index in [0.29, 0.717) is 5.75 Å². The molecule has 0 fully saturated rings. The smallest absolute Gasteiger partial charge is 0.310 e. The summed E-state index contributed by atoms with van der Waals surface area (Å²) in [5.74, 6) is -1.24. The van der Waals surface area contributed by atoms with Crippen LogP contribution in [0.5, 0.6) is 5.75 Å². The van der Waals surface area contributed by atoms with Gasteiger partial charge in [-0.2, -0.15) is 0 Å². The van der Waals surface area contributed by atoms with Crippen molar-refractivity contribution in [3.63, 3.8) is 0 Å². The van der Waals surface area contributed by atoms with Gasteiger partial charge in [-0.3, -0.25) is 9.59 Å². The van der Waals surface area contributed by atoms with Gasteiger partial charge in [-0.25, -0.2) is 4.39 Å². The number of rotatable bonds is 7. The number of esters is 1. The summed E-state index contributed by atoms with van der Waals surface area (Å²) in [4.78, 5) is 23.8. The molecule has 1 amide bonds. The molecule has 0 saturated carbocycles. The van der Waals surface area contributed by atoms with Crippen molar-refractivity contribution in [1.82, 2.24) is 0 Å². The Labute approximate surface area is 156 Å². The summed E-state index contributed by atoms with van der Waals surface area (Å²) in [6.45, 7) is 3.47. The number of hydrogen-bond acceptors (Lipinski definition) is 4. The molecule has 0 aliphatic rings. The average molecular weight is 380 g/mol. The molecule has 0 saturated heterocycles. The van der Waals surface area contributed by atoms with Crippen LogP contribution in [0.3, 0.4) is 0 Å². The predicted molar refractivity (Wildman–Crippen MR) is 96.9 cm³/mol. The van der Waals surface area contributed by atoms with Crippen molar-refractivity contribution < 1.29 is 23.5 Å². The van der Waals surface area contributed by atoms with Gasteiger partial charge in [-0.1, -0.05) is 23.7 Å². The first-order valence-electron chi connectivity index (χ1n) is 8.00. The van der Waals surface area contributed by atoms with Crippen LogP contribution in [-0.2, 0) is 14.3 Å². The fourth-order valence-electron chi connectivity index (χ4n) is 2.09. The molecule has 0 aliphatic heterocycles. The number of nitrogens with one attached hydrogen (secondary N) is 1. The number of carbonyl (C=O) groups is 2. The quantitative estimate of drug-likeness (QED) is 0.735. The second kappa shape index (κ2) is 9.20. The summed E-state index contributed by atoms with van der Waals surface area (Å²) < 4.78 is 24.2. The minimum atomic E-state index is -1.07. The average Bonchev–Trinajstić information content (AvgIpc) is 2.57. The highest BCUT2D eigenvalue weighted by Crippen LogP contribution is 2.19. The number of benzene rings is 2. The van der Waals surface area contributed by atoms with Gasteiger partial charge in [0.05, 0.1) is 18.7 Å². The highest BCUT2D eigenvalue weighted by Gasteiger charge is 2.19. The van der Waals surface area contributed by atoms with Crippen LogP contribution < -0.4 is 10.1 Å². The SMILES string of the molecule is Cc1cccc(OCCC(=O)O[C@@H](C)C(=O)Nc2ccc(Cl)cc2F)c1. The zero-order valence-corrected chi connectivity index (χ0v) is 15.2. The lowest BCUT2D eigenvalue weighted by atomic mass is 10.2. The lowest BCUT2D eigenvalue weighted by Crippen LogP contribution is -2.30. The molecule has 2 aromatic carbocycles. The Morgan fingerprint density at radius 2 is 2.00 bits per heavy atom. The molecule has 0 aromatic heterocycles. The maximum atomic E-state index is 13.7. The van der Waals surface area contributed by atoms with Gasteiger partial charge < -0.3 is 14.8 Å². The van der Waals surface area contributed by atoms with E-state index in [1.807, 2.05) is 25.1 Å². The van der Waals surface area contributed by atoms with Crippen molar-refractivity contribution in [2.45, 2.75) is 26.4 Å². The number of ether oxygens (including phenoxy) is 2. The third-order valence-electron chi connectivity index (χ3n) is 3.43. The van der Waals surface area contributed by atoms with Crippen molar-refractivity contribution in [2.24, 2.45) is 0 Å². The first-order valence-corrected chi connectivity index (χ1v) is 8.38. The summed E-state index contributed by atoms with van der Waals surface area (Å²) in [6.07, 6.45) is -1.09. The van der Waals surface area contributed by atoms with Crippen molar-refractivity contribution in [1.29, 1.82) is 0 Å². The first kappa shape index (κ1) is 19.7. The van der Waals surface area contributed by atoms with Gasteiger partial charge >= 0.3 is 5.97 Å². The summed E-state index contributed by atoms with van der Waals surface area (Å²) in [5.41, 5.74) is 1.01. The Kier molecular flexibility index (Phi) is 6.97. The number of carbonyl (C=O) groups excluding carboxylic acids is 2. The molecule has 0 spiro atoms. The molecule has 0 bridgehead atoms. The van der Waals surface area contributed by atoms with Crippen LogP contribution in [0.25, 0.3) is 0 Å². The molecule has 0 unspecified atom stereocenters. The van der Waals surface area contributed by atoms with E-state index in [1.54, 1.807) is 6.07 Å². The number of anilines is 1. The molecule has 138 valence electrons. The summed E-state index contributed by atoms with van der Waals surface area (Å²) >= 11 is 5.65. The maximum Gasteiger partial charge on any atom is 0.310 e. The highest BCUT2D eigenvalue weighted by molar-refractivity contribution is 6.30. The van der Waals surface area contributed by atoms with E-state index >= 15 is 0 Å². The molecule has 0 radical (unpaired) electrons. The molecule has 1 N–H and O–H groups in total. The Bertz CT molecular complexity index is 797. The van der Waals surface area contributed by atoms with Crippen molar-refractivity contribution in [3.05, 3.63) is 58.9 Å². The van der Waals surface area contributed by atoms with Gasteiger partial charge in [0.25, 0.3) is 5.91 Å². The van der Waals surface area contributed by atoms with Crippen molar-refractivity contribution in [3.8, 4) is 5.75 Å². The number of halogens is 2. The van der Waals surface area contributed by atoms with E-state index in [-0.39, 0.29) is 23.7 Å². The second-order valence-corrected chi connectivity index (χ2v) is 6.10. The van der Waals surface area contributed by atoms with E-state index in [0.717, 1.165) is 11.6 Å². The lowest BCUT2D eigenvalue weighted by molar-refractivity contribution is -0.153. The molecule has 26 heavy (non-hydrogen) atoms. The van der Waals surface area contributed by atoms with Gasteiger partial charge in [-0.15, -0.1) is 0 Å². The first-order chi connectivity index (χ1) is 12.3. The molecule has 7 heteroatoms. The van der Waals surface area contributed by atoms with Gasteiger partial charge in [0, 0.05) is 5.02 Å². The summed E-state index contributed by atoms with van der Waals surface area (Å²) in [5, 5.41) is 2.57. The van der Waals surface area contributed by atoms with Gasteiger partial charge in [0.1, 0.15) is 11.6 Å².